The van der Waals surface area contributed by atoms with E-state index >= 15 is 0 Å². The lowest BCUT2D eigenvalue weighted by molar-refractivity contribution is 0.0953. The summed E-state index contributed by atoms with van der Waals surface area (Å²) < 4.78 is 20.2. The quantitative estimate of drug-likeness (QED) is 0.582. The van der Waals surface area contributed by atoms with Crippen molar-refractivity contribution in [1.82, 2.24) is 5.32 Å². The van der Waals surface area contributed by atoms with E-state index in [4.69, 9.17) is 4.74 Å². The lowest BCUT2D eigenvalue weighted by Crippen LogP contribution is -2.28. The third-order valence-electron chi connectivity index (χ3n) is 4.41. The molecule has 1 heterocycles. The first kappa shape index (κ1) is 19.3. The van der Waals surface area contributed by atoms with Gasteiger partial charge in [-0.1, -0.05) is 24.3 Å². The maximum absolute atomic E-state index is 14.2. The Balaban J connectivity index is 1.63. The summed E-state index contributed by atoms with van der Waals surface area (Å²) in [5.74, 6) is -0.496. The van der Waals surface area contributed by atoms with Gasteiger partial charge in [0.1, 0.15) is 5.82 Å². The van der Waals surface area contributed by atoms with Gasteiger partial charge in [0, 0.05) is 48.6 Å². The number of benzene rings is 2. The lowest BCUT2D eigenvalue weighted by atomic mass is 10.1. The molecule has 0 radical (unpaired) electrons. The standard InChI is InChI=1S/C21H23FN2O2S/c1-24(15-8-4-3-5-9-15)13-7-12-23-21(25)20-16(14-26-2)19-17(22)10-6-11-18(19)27-20/h3-6,8-11H,7,12-14H2,1-2H3,(H,23,25). The Hall–Kier alpha value is -2.44. The van der Waals surface area contributed by atoms with Crippen LogP contribution in [0.4, 0.5) is 10.1 Å². The van der Waals surface area contributed by atoms with Crippen molar-refractivity contribution in [2.45, 2.75) is 13.0 Å². The molecule has 0 saturated carbocycles. The zero-order valence-corrected chi connectivity index (χ0v) is 16.3. The molecule has 0 bridgehead atoms. The highest BCUT2D eigenvalue weighted by Crippen LogP contribution is 2.33. The molecule has 0 unspecified atom stereocenters. The van der Waals surface area contributed by atoms with Gasteiger partial charge in [0.2, 0.25) is 0 Å². The number of ether oxygens (including phenoxy) is 1. The maximum atomic E-state index is 14.2. The predicted octanol–water partition coefficient (Wildman–Crippen LogP) is 4.44. The average Bonchev–Trinajstić information content (AvgIpc) is 3.06. The van der Waals surface area contributed by atoms with Crippen molar-refractivity contribution in [3.05, 3.63) is 64.8 Å². The molecule has 0 aliphatic rings. The Morgan fingerprint density at radius 2 is 1.96 bits per heavy atom. The first-order valence-corrected chi connectivity index (χ1v) is 9.66. The molecule has 1 N–H and O–H groups in total. The van der Waals surface area contributed by atoms with Gasteiger partial charge < -0.3 is 15.0 Å². The molecule has 0 fully saturated rings. The van der Waals surface area contributed by atoms with Crippen LogP contribution in [-0.2, 0) is 11.3 Å². The van der Waals surface area contributed by atoms with Gasteiger partial charge in [-0.05, 0) is 30.7 Å². The van der Waals surface area contributed by atoms with E-state index in [1.807, 2.05) is 31.3 Å². The van der Waals surface area contributed by atoms with E-state index in [2.05, 4.69) is 22.3 Å². The minimum atomic E-state index is -0.320. The highest BCUT2D eigenvalue weighted by molar-refractivity contribution is 7.21. The van der Waals surface area contributed by atoms with Crippen LogP contribution in [0.5, 0.6) is 0 Å². The number of fused-ring (bicyclic) bond motifs is 1. The van der Waals surface area contributed by atoms with Gasteiger partial charge in [0.25, 0.3) is 5.91 Å². The summed E-state index contributed by atoms with van der Waals surface area (Å²) >= 11 is 1.30. The summed E-state index contributed by atoms with van der Waals surface area (Å²) in [6.45, 7) is 1.59. The number of hydrogen-bond donors (Lipinski definition) is 1. The van der Waals surface area contributed by atoms with Crippen LogP contribution in [0, 0.1) is 5.82 Å². The summed E-state index contributed by atoms with van der Waals surface area (Å²) in [5.41, 5.74) is 1.76. The number of carbonyl (C=O) groups is 1. The molecular formula is C21H23FN2O2S. The van der Waals surface area contributed by atoms with Crippen molar-refractivity contribution in [2.24, 2.45) is 0 Å². The highest BCUT2D eigenvalue weighted by Gasteiger charge is 2.20. The Kier molecular flexibility index (Phi) is 6.42. The van der Waals surface area contributed by atoms with Crippen LogP contribution < -0.4 is 10.2 Å². The SMILES string of the molecule is COCc1c(C(=O)NCCCN(C)c2ccccc2)sc2cccc(F)c12. The second-order valence-corrected chi connectivity index (χ2v) is 7.37. The molecule has 142 valence electrons. The van der Waals surface area contributed by atoms with Crippen LogP contribution in [0.2, 0.25) is 0 Å². The van der Waals surface area contributed by atoms with Gasteiger partial charge in [0.05, 0.1) is 11.5 Å². The van der Waals surface area contributed by atoms with Crippen LogP contribution in [0.3, 0.4) is 0 Å². The van der Waals surface area contributed by atoms with Crippen LogP contribution in [0.1, 0.15) is 21.7 Å². The van der Waals surface area contributed by atoms with Gasteiger partial charge in [-0.25, -0.2) is 4.39 Å². The van der Waals surface area contributed by atoms with Crippen molar-refractivity contribution in [3.63, 3.8) is 0 Å². The monoisotopic (exact) mass is 386 g/mol. The number of nitrogens with zero attached hydrogens (tertiary/aromatic N) is 1. The highest BCUT2D eigenvalue weighted by atomic mass is 32.1. The summed E-state index contributed by atoms with van der Waals surface area (Å²) in [6, 6.07) is 15.0. The van der Waals surface area contributed by atoms with E-state index in [9.17, 15) is 9.18 Å². The van der Waals surface area contributed by atoms with E-state index < -0.39 is 0 Å². The van der Waals surface area contributed by atoms with E-state index in [1.54, 1.807) is 13.2 Å². The summed E-state index contributed by atoms with van der Waals surface area (Å²) in [6.07, 6.45) is 0.815. The van der Waals surface area contributed by atoms with Gasteiger partial charge in [0.15, 0.2) is 0 Å². The minimum Gasteiger partial charge on any atom is -0.380 e. The van der Waals surface area contributed by atoms with Gasteiger partial charge in [-0.2, -0.15) is 0 Å². The summed E-state index contributed by atoms with van der Waals surface area (Å²) in [7, 11) is 3.58. The number of amides is 1. The number of anilines is 1. The molecule has 2 aromatic carbocycles. The van der Waals surface area contributed by atoms with Crippen molar-refractivity contribution >= 4 is 33.0 Å². The fourth-order valence-electron chi connectivity index (χ4n) is 3.04. The predicted molar refractivity (Wildman–Crippen MR) is 109 cm³/mol. The molecule has 0 spiro atoms. The van der Waals surface area contributed by atoms with Crippen molar-refractivity contribution in [1.29, 1.82) is 0 Å². The number of rotatable bonds is 8. The Morgan fingerprint density at radius 3 is 2.70 bits per heavy atom. The number of thiophene rings is 1. The number of carbonyl (C=O) groups excluding carboxylic acids is 1. The molecule has 0 aliphatic heterocycles. The van der Waals surface area contributed by atoms with E-state index in [-0.39, 0.29) is 18.3 Å². The van der Waals surface area contributed by atoms with Gasteiger partial charge in [-0.15, -0.1) is 11.3 Å². The van der Waals surface area contributed by atoms with Crippen LogP contribution in [-0.4, -0.2) is 33.2 Å². The fraction of sp³-hybridized carbons (Fsp3) is 0.286. The Labute approximate surface area is 162 Å². The molecule has 3 aromatic rings. The van der Waals surface area contributed by atoms with Crippen molar-refractivity contribution in [2.75, 3.05) is 32.1 Å². The Morgan fingerprint density at radius 1 is 1.19 bits per heavy atom. The minimum absolute atomic E-state index is 0.176. The number of hydrogen-bond acceptors (Lipinski definition) is 4. The lowest BCUT2D eigenvalue weighted by Gasteiger charge is -2.19. The summed E-state index contributed by atoms with van der Waals surface area (Å²) in [4.78, 5) is 15.3. The zero-order valence-electron chi connectivity index (χ0n) is 15.5. The molecule has 0 atom stereocenters. The third-order valence-corrected chi connectivity index (χ3v) is 5.61. The van der Waals surface area contributed by atoms with Crippen LogP contribution >= 0.6 is 11.3 Å². The molecule has 1 aromatic heterocycles. The zero-order chi connectivity index (χ0) is 19.2. The number of para-hydroxylation sites is 1. The van der Waals surface area contributed by atoms with E-state index in [0.29, 0.717) is 22.4 Å². The van der Waals surface area contributed by atoms with Gasteiger partial charge >= 0.3 is 0 Å². The average molecular weight is 386 g/mol. The van der Waals surface area contributed by atoms with Crippen LogP contribution in [0.15, 0.2) is 48.5 Å². The first-order valence-electron chi connectivity index (χ1n) is 8.85. The van der Waals surface area contributed by atoms with Crippen molar-refractivity contribution < 1.29 is 13.9 Å². The second-order valence-electron chi connectivity index (χ2n) is 6.32. The maximum Gasteiger partial charge on any atom is 0.261 e. The molecular weight excluding hydrogens is 363 g/mol. The van der Waals surface area contributed by atoms with Gasteiger partial charge in [-0.3, -0.25) is 4.79 Å². The third kappa shape index (κ3) is 4.46. The second kappa shape index (κ2) is 8.97. The molecule has 1 amide bonds. The molecule has 0 aliphatic carbocycles. The normalized spacial score (nSPS) is 10.9. The topological polar surface area (TPSA) is 41.6 Å². The molecule has 3 rings (SSSR count). The fourth-order valence-corrected chi connectivity index (χ4v) is 4.18. The molecule has 27 heavy (non-hydrogen) atoms. The smallest absolute Gasteiger partial charge is 0.261 e. The molecule has 0 saturated heterocycles. The van der Waals surface area contributed by atoms with E-state index in [0.717, 1.165) is 23.4 Å². The number of methoxy groups -OCH3 is 1. The number of halogens is 1. The van der Waals surface area contributed by atoms with E-state index in [1.165, 1.54) is 17.4 Å². The van der Waals surface area contributed by atoms with Crippen molar-refractivity contribution in [3.8, 4) is 0 Å². The number of nitrogens with one attached hydrogen (secondary N) is 1. The first-order chi connectivity index (χ1) is 13.1. The largest absolute Gasteiger partial charge is 0.380 e. The molecule has 4 nitrogen and oxygen atoms in total. The molecule has 6 heteroatoms. The summed E-state index contributed by atoms with van der Waals surface area (Å²) in [5, 5.41) is 3.44. The van der Waals surface area contributed by atoms with Crippen LogP contribution in [0.25, 0.3) is 10.1 Å². The Bertz CT molecular complexity index is 911.